The standard InChI is InChI=1S/C36H47F3N2O5S/c1-4-21-46-31-18-16-27(17-19-31)23-28(35(43)40-30-12-6-5-7-13-30)22-25(2)26(3)34(42)33-15-8-9-20-41(33)47(44,45)32-14-10-11-29(24-32)36(37,38)39/h4,10-11,14,16-19,24-26,28,30,33H,1,5-9,12-13,15,20-23H2,2-3H3,(H,40,43)/t25-,26?,28?,33+/m1/s1. The fraction of sp³-hybridized carbons (Fsp3) is 0.556. The fourth-order valence-corrected chi connectivity index (χ4v) is 8.40. The van der Waals surface area contributed by atoms with Gasteiger partial charge >= 0.3 is 6.18 Å². The minimum Gasteiger partial charge on any atom is -0.490 e. The van der Waals surface area contributed by atoms with Crippen LogP contribution >= 0.6 is 0 Å². The molecule has 2 aromatic carbocycles. The molecule has 1 N–H and O–H groups in total. The summed E-state index contributed by atoms with van der Waals surface area (Å²) in [5.74, 6) is -0.901. The van der Waals surface area contributed by atoms with E-state index in [9.17, 15) is 31.2 Å². The van der Waals surface area contributed by atoms with Gasteiger partial charge in [-0.25, -0.2) is 8.42 Å². The van der Waals surface area contributed by atoms with E-state index in [1.165, 1.54) is 0 Å². The third kappa shape index (κ3) is 9.69. The molecule has 1 amide bonds. The molecule has 0 bridgehead atoms. The molecular weight excluding hydrogens is 629 g/mol. The molecule has 2 unspecified atom stereocenters. The number of halogens is 3. The van der Waals surface area contributed by atoms with Gasteiger partial charge in [0, 0.05) is 24.4 Å². The monoisotopic (exact) mass is 676 g/mol. The smallest absolute Gasteiger partial charge is 0.416 e. The highest BCUT2D eigenvalue weighted by Gasteiger charge is 2.41. The van der Waals surface area contributed by atoms with Crippen molar-refractivity contribution in [3.8, 4) is 5.75 Å². The lowest BCUT2D eigenvalue weighted by atomic mass is 9.79. The zero-order valence-electron chi connectivity index (χ0n) is 27.3. The molecule has 4 atom stereocenters. The van der Waals surface area contributed by atoms with Crippen LogP contribution in [0.1, 0.15) is 82.8 Å². The Hall–Kier alpha value is -3.18. The van der Waals surface area contributed by atoms with E-state index in [1.807, 2.05) is 31.2 Å². The molecule has 1 saturated carbocycles. The molecule has 4 rings (SSSR count). The summed E-state index contributed by atoms with van der Waals surface area (Å²) >= 11 is 0. The molecule has 1 heterocycles. The number of amides is 1. The van der Waals surface area contributed by atoms with Crippen LogP contribution in [0.25, 0.3) is 0 Å². The quantitative estimate of drug-likeness (QED) is 0.211. The molecule has 2 aliphatic rings. The van der Waals surface area contributed by atoms with Crippen LogP contribution in [0.4, 0.5) is 13.2 Å². The Bertz CT molecular complexity index is 1470. The average molecular weight is 677 g/mol. The number of nitrogens with one attached hydrogen (secondary N) is 1. The molecule has 1 aliphatic carbocycles. The Morgan fingerprint density at radius 3 is 2.36 bits per heavy atom. The summed E-state index contributed by atoms with van der Waals surface area (Å²) in [6.45, 7) is 7.77. The maximum atomic E-state index is 14.0. The highest BCUT2D eigenvalue weighted by Crippen LogP contribution is 2.34. The first-order chi connectivity index (χ1) is 22.3. The minimum atomic E-state index is -4.70. The number of ether oxygens (including phenoxy) is 1. The summed E-state index contributed by atoms with van der Waals surface area (Å²) in [7, 11) is -4.37. The van der Waals surface area contributed by atoms with Crippen molar-refractivity contribution >= 4 is 21.7 Å². The van der Waals surface area contributed by atoms with Gasteiger partial charge in [0.25, 0.3) is 0 Å². The fourth-order valence-electron chi connectivity index (χ4n) is 6.69. The van der Waals surface area contributed by atoms with Gasteiger partial charge in [-0.2, -0.15) is 17.5 Å². The molecule has 2 aromatic rings. The zero-order valence-corrected chi connectivity index (χ0v) is 28.1. The van der Waals surface area contributed by atoms with E-state index in [0.717, 1.165) is 60.2 Å². The van der Waals surface area contributed by atoms with E-state index in [4.69, 9.17) is 4.74 Å². The normalized spacial score (nSPS) is 20.1. The number of benzene rings is 2. The van der Waals surface area contributed by atoms with E-state index in [2.05, 4.69) is 11.9 Å². The van der Waals surface area contributed by atoms with Crippen LogP contribution in [-0.2, 0) is 32.2 Å². The molecule has 0 aromatic heterocycles. The predicted octanol–water partition coefficient (Wildman–Crippen LogP) is 7.35. The van der Waals surface area contributed by atoms with E-state index < -0.39 is 44.5 Å². The maximum Gasteiger partial charge on any atom is 0.416 e. The molecular formula is C36H47F3N2O5S. The summed E-state index contributed by atoms with van der Waals surface area (Å²) in [5.41, 5.74) is -0.103. The zero-order chi connectivity index (χ0) is 34.2. The summed E-state index contributed by atoms with van der Waals surface area (Å²) < 4.78 is 74.2. The van der Waals surface area contributed by atoms with Gasteiger partial charge in [-0.15, -0.1) is 0 Å². The van der Waals surface area contributed by atoms with E-state index in [1.54, 1.807) is 13.0 Å². The lowest BCUT2D eigenvalue weighted by Crippen LogP contribution is -2.50. The predicted molar refractivity (Wildman–Crippen MR) is 175 cm³/mol. The van der Waals surface area contributed by atoms with Crippen molar-refractivity contribution in [2.75, 3.05) is 13.2 Å². The summed E-state index contributed by atoms with van der Waals surface area (Å²) in [6, 6.07) is 10.4. The van der Waals surface area contributed by atoms with Crippen LogP contribution in [0.5, 0.6) is 5.75 Å². The molecule has 11 heteroatoms. The van der Waals surface area contributed by atoms with E-state index in [-0.39, 0.29) is 30.2 Å². The van der Waals surface area contributed by atoms with Gasteiger partial charge in [-0.3, -0.25) is 9.59 Å². The Morgan fingerprint density at radius 2 is 1.70 bits per heavy atom. The molecule has 0 radical (unpaired) electrons. The number of carbonyl (C=O) groups excluding carboxylic acids is 2. The summed E-state index contributed by atoms with van der Waals surface area (Å²) in [6.07, 6.45) is 4.46. The lowest BCUT2D eigenvalue weighted by Gasteiger charge is -2.36. The van der Waals surface area contributed by atoms with Crippen LogP contribution < -0.4 is 10.1 Å². The van der Waals surface area contributed by atoms with Gasteiger partial charge in [0.1, 0.15) is 12.4 Å². The topological polar surface area (TPSA) is 92.8 Å². The number of rotatable bonds is 14. The van der Waals surface area contributed by atoms with Crippen molar-refractivity contribution in [3.63, 3.8) is 0 Å². The average Bonchev–Trinajstić information content (AvgIpc) is 3.07. The third-order valence-electron chi connectivity index (χ3n) is 9.60. The van der Waals surface area contributed by atoms with Crippen molar-refractivity contribution in [1.29, 1.82) is 0 Å². The van der Waals surface area contributed by atoms with Crippen molar-refractivity contribution in [3.05, 3.63) is 72.3 Å². The van der Waals surface area contributed by atoms with Crippen molar-refractivity contribution in [1.82, 2.24) is 9.62 Å². The first-order valence-electron chi connectivity index (χ1n) is 16.7. The lowest BCUT2D eigenvalue weighted by molar-refractivity contribution is -0.137. The molecule has 7 nitrogen and oxygen atoms in total. The van der Waals surface area contributed by atoms with Crippen molar-refractivity contribution in [2.24, 2.45) is 17.8 Å². The molecule has 1 aliphatic heterocycles. The summed E-state index contributed by atoms with van der Waals surface area (Å²) in [5, 5.41) is 3.25. The second-order valence-electron chi connectivity index (χ2n) is 13.0. The van der Waals surface area contributed by atoms with Gasteiger partial charge in [-0.1, -0.05) is 70.4 Å². The highest BCUT2D eigenvalue weighted by atomic mass is 32.2. The SMILES string of the molecule is C=CCOc1ccc(CC(C[C@@H](C)C(C)C(=O)[C@@H]2CCCCN2S(=O)(=O)c2cccc(C(F)(F)F)c2)C(=O)NC2CCCCC2)cc1. The van der Waals surface area contributed by atoms with Crippen molar-refractivity contribution in [2.45, 2.75) is 101 Å². The van der Waals surface area contributed by atoms with Crippen molar-refractivity contribution < 1.29 is 35.9 Å². The van der Waals surface area contributed by atoms with Gasteiger partial charge in [-0.05, 0) is 80.3 Å². The van der Waals surface area contributed by atoms with Crippen LogP contribution in [0.3, 0.4) is 0 Å². The van der Waals surface area contributed by atoms with Gasteiger partial charge in [0.15, 0.2) is 5.78 Å². The summed E-state index contributed by atoms with van der Waals surface area (Å²) in [4.78, 5) is 27.2. The van der Waals surface area contributed by atoms with Crippen LogP contribution in [0, 0.1) is 17.8 Å². The van der Waals surface area contributed by atoms with Crippen LogP contribution in [0.2, 0.25) is 0 Å². The Morgan fingerprint density at radius 1 is 1.02 bits per heavy atom. The largest absolute Gasteiger partial charge is 0.490 e. The number of ketones is 1. The van der Waals surface area contributed by atoms with E-state index >= 15 is 0 Å². The number of sulfonamides is 1. The molecule has 0 spiro atoms. The molecule has 47 heavy (non-hydrogen) atoms. The minimum absolute atomic E-state index is 0.0506. The van der Waals surface area contributed by atoms with Gasteiger partial charge < -0.3 is 10.1 Å². The van der Waals surface area contributed by atoms with Crippen LogP contribution in [0.15, 0.2) is 66.1 Å². The number of nitrogens with zero attached hydrogens (tertiary/aromatic N) is 1. The number of Topliss-reactive ketones (excluding diaryl/α,β-unsaturated/α-hetero) is 1. The molecule has 1 saturated heterocycles. The Kier molecular flexibility index (Phi) is 12.7. The first-order valence-corrected chi connectivity index (χ1v) is 18.1. The Labute approximate surface area is 277 Å². The second-order valence-corrected chi connectivity index (χ2v) is 14.9. The number of hydrogen-bond acceptors (Lipinski definition) is 5. The van der Waals surface area contributed by atoms with E-state index in [0.29, 0.717) is 50.5 Å². The van der Waals surface area contributed by atoms with Gasteiger partial charge in [0.05, 0.1) is 16.5 Å². The molecule has 258 valence electrons. The van der Waals surface area contributed by atoms with Crippen LogP contribution in [-0.4, -0.2) is 49.6 Å². The third-order valence-corrected chi connectivity index (χ3v) is 11.5. The molecule has 2 fully saturated rings. The highest BCUT2D eigenvalue weighted by molar-refractivity contribution is 7.89. The number of hydrogen-bond donors (Lipinski definition) is 1. The number of piperidine rings is 1. The second kappa shape index (κ2) is 16.3. The Balaban J connectivity index is 1.51. The maximum absolute atomic E-state index is 14.0. The number of alkyl halides is 3. The first kappa shape index (κ1) is 36.7. The van der Waals surface area contributed by atoms with Gasteiger partial charge in [0.2, 0.25) is 15.9 Å². The number of carbonyl (C=O) groups is 2.